The molecule has 0 spiro atoms. The standard InChI is InChI=1S/C14H16O3/c1-2-14(9-13(16)17)7-10-5-3-4-6-11(10)12(15)8-14/h3-6H,2,7-9H2,1H3,(H,16,17)/t14-/m1/s1. The van der Waals surface area contributed by atoms with Gasteiger partial charge >= 0.3 is 5.97 Å². The van der Waals surface area contributed by atoms with E-state index in [1.54, 1.807) is 0 Å². The van der Waals surface area contributed by atoms with Crippen molar-refractivity contribution in [2.24, 2.45) is 5.41 Å². The lowest BCUT2D eigenvalue weighted by molar-refractivity contribution is -0.139. The lowest BCUT2D eigenvalue weighted by Crippen LogP contribution is -2.34. The molecule has 0 saturated heterocycles. The van der Waals surface area contributed by atoms with Crippen LogP contribution >= 0.6 is 0 Å². The van der Waals surface area contributed by atoms with Crippen LogP contribution in [0, 0.1) is 5.41 Å². The first-order chi connectivity index (χ1) is 8.06. The Hall–Kier alpha value is -1.64. The summed E-state index contributed by atoms with van der Waals surface area (Å²) in [7, 11) is 0. The molecule has 0 radical (unpaired) electrons. The molecule has 0 aliphatic heterocycles. The summed E-state index contributed by atoms with van der Waals surface area (Å²) in [6, 6.07) is 7.52. The van der Waals surface area contributed by atoms with Crippen molar-refractivity contribution in [2.75, 3.05) is 0 Å². The molecule has 0 saturated carbocycles. The molecule has 1 aromatic rings. The third-order valence-electron chi connectivity index (χ3n) is 3.70. The fraction of sp³-hybridized carbons (Fsp3) is 0.429. The monoisotopic (exact) mass is 232 g/mol. The van der Waals surface area contributed by atoms with Gasteiger partial charge in [-0.1, -0.05) is 31.2 Å². The highest BCUT2D eigenvalue weighted by atomic mass is 16.4. The van der Waals surface area contributed by atoms with Crippen molar-refractivity contribution in [2.45, 2.75) is 32.6 Å². The van der Waals surface area contributed by atoms with E-state index in [1.165, 1.54) is 0 Å². The summed E-state index contributed by atoms with van der Waals surface area (Å²) in [5.74, 6) is -0.742. The van der Waals surface area contributed by atoms with Gasteiger partial charge in [-0.2, -0.15) is 0 Å². The molecule has 0 bridgehead atoms. The second kappa shape index (κ2) is 4.32. The molecule has 1 aliphatic rings. The Labute approximate surface area is 100 Å². The van der Waals surface area contributed by atoms with Crippen LogP contribution in [-0.4, -0.2) is 16.9 Å². The van der Waals surface area contributed by atoms with Gasteiger partial charge < -0.3 is 5.11 Å². The van der Waals surface area contributed by atoms with Crippen LogP contribution in [0.1, 0.15) is 42.1 Å². The Morgan fingerprint density at radius 3 is 2.71 bits per heavy atom. The van der Waals surface area contributed by atoms with Crippen LogP contribution in [0.3, 0.4) is 0 Å². The van der Waals surface area contributed by atoms with E-state index in [-0.39, 0.29) is 12.2 Å². The number of carbonyl (C=O) groups excluding carboxylic acids is 1. The van der Waals surface area contributed by atoms with Crippen molar-refractivity contribution < 1.29 is 14.7 Å². The van der Waals surface area contributed by atoms with Gasteiger partial charge in [0.25, 0.3) is 0 Å². The van der Waals surface area contributed by atoms with Crippen molar-refractivity contribution in [1.29, 1.82) is 0 Å². The van der Waals surface area contributed by atoms with Gasteiger partial charge in [-0.15, -0.1) is 0 Å². The molecule has 1 aromatic carbocycles. The largest absolute Gasteiger partial charge is 0.481 e. The number of carboxylic acid groups (broad SMARTS) is 1. The number of aliphatic carboxylic acids is 1. The minimum Gasteiger partial charge on any atom is -0.481 e. The average molecular weight is 232 g/mol. The number of carbonyl (C=O) groups is 2. The topological polar surface area (TPSA) is 54.4 Å². The number of fused-ring (bicyclic) bond motifs is 1. The van der Waals surface area contributed by atoms with E-state index >= 15 is 0 Å². The van der Waals surface area contributed by atoms with Gasteiger partial charge in [-0.3, -0.25) is 9.59 Å². The summed E-state index contributed by atoms with van der Waals surface area (Å²) in [6.45, 7) is 1.96. The zero-order valence-corrected chi connectivity index (χ0v) is 9.90. The number of Topliss-reactive ketones (excluding diaryl/α,β-unsaturated/α-hetero) is 1. The number of hydrogen-bond acceptors (Lipinski definition) is 2. The highest BCUT2D eigenvalue weighted by Gasteiger charge is 2.38. The van der Waals surface area contributed by atoms with Crippen LogP contribution in [0.4, 0.5) is 0 Å². The molecule has 0 unspecified atom stereocenters. The minimum absolute atomic E-state index is 0.0730. The summed E-state index contributed by atoms with van der Waals surface area (Å²) in [6.07, 6.45) is 1.84. The molecule has 2 rings (SSSR count). The van der Waals surface area contributed by atoms with Crippen molar-refractivity contribution in [3.63, 3.8) is 0 Å². The third kappa shape index (κ3) is 2.23. The van der Waals surface area contributed by atoms with E-state index in [0.29, 0.717) is 12.8 Å². The Balaban J connectivity index is 2.37. The molecule has 1 atom stereocenters. The van der Waals surface area contributed by atoms with Gasteiger partial charge in [0.2, 0.25) is 0 Å². The van der Waals surface area contributed by atoms with Crippen molar-refractivity contribution in [3.05, 3.63) is 35.4 Å². The van der Waals surface area contributed by atoms with Gasteiger partial charge in [-0.05, 0) is 23.8 Å². The first-order valence-electron chi connectivity index (χ1n) is 5.89. The van der Waals surface area contributed by atoms with Gasteiger partial charge in [0.05, 0.1) is 6.42 Å². The second-order valence-corrected chi connectivity index (χ2v) is 4.86. The Morgan fingerprint density at radius 1 is 1.35 bits per heavy atom. The normalized spacial score (nSPS) is 23.2. The minimum atomic E-state index is -0.820. The molecular formula is C14H16O3. The van der Waals surface area contributed by atoms with Gasteiger partial charge in [0, 0.05) is 12.0 Å². The molecule has 0 fully saturated rings. The van der Waals surface area contributed by atoms with Gasteiger partial charge in [-0.25, -0.2) is 0 Å². The predicted molar refractivity (Wildman–Crippen MR) is 64.1 cm³/mol. The van der Waals surface area contributed by atoms with Gasteiger partial charge in [0.1, 0.15) is 0 Å². The number of hydrogen-bond donors (Lipinski definition) is 1. The van der Waals surface area contributed by atoms with E-state index in [9.17, 15) is 9.59 Å². The van der Waals surface area contributed by atoms with Crippen LogP contribution in [-0.2, 0) is 11.2 Å². The first-order valence-corrected chi connectivity index (χ1v) is 5.89. The molecule has 1 N–H and O–H groups in total. The van der Waals surface area contributed by atoms with E-state index in [4.69, 9.17) is 5.11 Å². The summed E-state index contributed by atoms with van der Waals surface area (Å²) in [4.78, 5) is 23.0. The zero-order valence-electron chi connectivity index (χ0n) is 9.90. The Morgan fingerprint density at radius 2 is 2.06 bits per heavy atom. The molecule has 0 aromatic heterocycles. The van der Waals surface area contributed by atoms with Crippen molar-refractivity contribution in [1.82, 2.24) is 0 Å². The number of benzene rings is 1. The van der Waals surface area contributed by atoms with E-state index in [0.717, 1.165) is 17.5 Å². The molecule has 17 heavy (non-hydrogen) atoms. The summed E-state index contributed by atoms with van der Waals surface area (Å²) < 4.78 is 0. The van der Waals surface area contributed by atoms with Crippen LogP contribution in [0.25, 0.3) is 0 Å². The molecule has 3 nitrogen and oxygen atoms in total. The van der Waals surface area contributed by atoms with Crippen LogP contribution in [0.2, 0.25) is 0 Å². The average Bonchev–Trinajstić information content (AvgIpc) is 2.28. The molecule has 0 amide bonds. The fourth-order valence-corrected chi connectivity index (χ4v) is 2.67. The maximum Gasteiger partial charge on any atom is 0.303 e. The van der Waals surface area contributed by atoms with Crippen LogP contribution in [0.15, 0.2) is 24.3 Å². The highest BCUT2D eigenvalue weighted by Crippen LogP contribution is 2.40. The number of carboxylic acids is 1. The van der Waals surface area contributed by atoms with Crippen molar-refractivity contribution >= 4 is 11.8 Å². The smallest absolute Gasteiger partial charge is 0.303 e. The molecular weight excluding hydrogens is 216 g/mol. The van der Waals surface area contributed by atoms with Crippen LogP contribution in [0.5, 0.6) is 0 Å². The van der Waals surface area contributed by atoms with E-state index in [1.807, 2.05) is 31.2 Å². The first kappa shape index (κ1) is 11.8. The summed E-state index contributed by atoms with van der Waals surface area (Å²) in [5, 5.41) is 8.98. The summed E-state index contributed by atoms with van der Waals surface area (Å²) >= 11 is 0. The van der Waals surface area contributed by atoms with E-state index < -0.39 is 11.4 Å². The number of rotatable bonds is 3. The van der Waals surface area contributed by atoms with Gasteiger partial charge in [0.15, 0.2) is 5.78 Å². The Kier molecular flexibility index (Phi) is 3.01. The Bertz CT molecular complexity index is 464. The molecule has 1 aliphatic carbocycles. The van der Waals surface area contributed by atoms with E-state index in [2.05, 4.69) is 0 Å². The fourth-order valence-electron chi connectivity index (χ4n) is 2.67. The third-order valence-corrected chi connectivity index (χ3v) is 3.70. The molecule has 3 heteroatoms. The second-order valence-electron chi connectivity index (χ2n) is 4.86. The lowest BCUT2D eigenvalue weighted by Gasteiger charge is -2.35. The predicted octanol–water partition coefficient (Wildman–Crippen LogP) is 2.69. The maximum absolute atomic E-state index is 12.0. The lowest BCUT2D eigenvalue weighted by atomic mass is 9.67. The maximum atomic E-state index is 12.0. The zero-order chi connectivity index (χ0) is 12.5. The summed E-state index contributed by atoms with van der Waals surface area (Å²) in [5.41, 5.74) is 1.37. The van der Waals surface area contributed by atoms with Crippen molar-refractivity contribution in [3.8, 4) is 0 Å². The highest BCUT2D eigenvalue weighted by molar-refractivity contribution is 5.99. The number of ketones is 1. The van der Waals surface area contributed by atoms with Crippen LogP contribution < -0.4 is 0 Å². The quantitative estimate of drug-likeness (QED) is 0.871. The molecule has 90 valence electrons. The molecule has 0 heterocycles. The SMILES string of the molecule is CC[C@]1(CC(=O)O)CC(=O)c2ccccc2C1.